The first-order chi connectivity index (χ1) is 8.74. The number of hydrogen-bond donors (Lipinski definition) is 1. The molecule has 0 unspecified atom stereocenters. The minimum Gasteiger partial charge on any atom is -0.496 e. The normalized spacial score (nSPS) is 16.6. The highest BCUT2D eigenvalue weighted by atomic mass is 16.5. The van der Waals surface area contributed by atoms with Gasteiger partial charge in [-0.15, -0.1) is 0 Å². The predicted octanol–water partition coefficient (Wildman–Crippen LogP) is 2.55. The molecule has 1 saturated heterocycles. The fourth-order valence-corrected chi connectivity index (χ4v) is 2.67. The summed E-state index contributed by atoms with van der Waals surface area (Å²) < 4.78 is 10.9. The molecule has 0 aromatic heterocycles. The van der Waals surface area contributed by atoms with Gasteiger partial charge in [0.15, 0.2) is 0 Å². The SMILES string of the molecule is COc1cc(CC2CCNCC2)c(OC)cc1C. The summed E-state index contributed by atoms with van der Waals surface area (Å²) in [7, 11) is 3.47. The number of piperidine rings is 1. The molecule has 1 aromatic carbocycles. The molecule has 0 atom stereocenters. The number of rotatable bonds is 4. The van der Waals surface area contributed by atoms with Gasteiger partial charge in [-0.1, -0.05) is 0 Å². The highest BCUT2D eigenvalue weighted by Crippen LogP contribution is 2.31. The first-order valence-corrected chi connectivity index (χ1v) is 6.66. The van der Waals surface area contributed by atoms with Crippen molar-refractivity contribution in [3.63, 3.8) is 0 Å². The van der Waals surface area contributed by atoms with Crippen molar-refractivity contribution in [1.29, 1.82) is 0 Å². The first-order valence-electron chi connectivity index (χ1n) is 6.66. The van der Waals surface area contributed by atoms with Crippen LogP contribution in [0.2, 0.25) is 0 Å². The monoisotopic (exact) mass is 249 g/mol. The lowest BCUT2D eigenvalue weighted by molar-refractivity contribution is 0.358. The number of methoxy groups -OCH3 is 2. The third kappa shape index (κ3) is 2.96. The fraction of sp³-hybridized carbons (Fsp3) is 0.600. The molecule has 0 aliphatic carbocycles. The lowest BCUT2D eigenvalue weighted by Gasteiger charge is -2.23. The van der Waals surface area contributed by atoms with Crippen LogP contribution in [0.5, 0.6) is 11.5 Å². The molecule has 0 spiro atoms. The van der Waals surface area contributed by atoms with Gasteiger partial charge in [0.05, 0.1) is 14.2 Å². The van der Waals surface area contributed by atoms with Gasteiger partial charge in [0.25, 0.3) is 0 Å². The standard InChI is InChI=1S/C15H23NO2/c1-11-8-15(18-3)13(10-14(11)17-2)9-12-4-6-16-7-5-12/h8,10,12,16H,4-7,9H2,1-3H3. The van der Waals surface area contributed by atoms with Crippen molar-refractivity contribution in [2.24, 2.45) is 5.92 Å². The summed E-state index contributed by atoms with van der Waals surface area (Å²) in [5.74, 6) is 2.71. The second-order valence-corrected chi connectivity index (χ2v) is 5.03. The zero-order chi connectivity index (χ0) is 13.0. The summed E-state index contributed by atoms with van der Waals surface area (Å²) in [6.07, 6.45) is 3.58. The van der Waals surface area contributed by atoms with E-state index in [4.69, 9.17) is 9.47 Å². The van der Waals surface area contributed by atoms with Crippen molar-refractivity contribution in [1.82, 2.24) is 5.32 Å². The van der Waals surface area contributed by atoms with Gasteiger partial charge < -0.3 is 14.8 Å². The smallest absolute Gasteiger partial charge is 0.122 e. The Labute approximate surface area is 109 Å². The Morgan fingerprint density at radius 1 is 1.11 bits per heavy atom. The van der Waals surface area contributed by atoms with E-state index in [2.05, 4.69) is 24.4 Å². The van der Waals surface area contributed by atoms with E-state index in [1.807, 2.05) is 0 Å². The Balaban J connectivity index is 2.18. The van der Waals surface area contributed by atoms with Crippen LogP contribution >= 0.6 is 0 Å². The van der Waals surface area contributed by atoms with Crippen LogP contribution in [-0.2, 0) is 6.42 Å². The molecule has 0 saturated carbocycles. The fourth-order valence-electron chi connectivity index (χ4n) is 2.67. The van der Waals surface area contributed by atoms with Crippen LogP contribution < -0.4 is 14.8 Å². The molecule has 1 heterocycles. The Kier molecular flexibility index (Phi) is 4.48. The van der Waals surface area contributed by atoms with E-state index in [1.54, 1.807) is 14.2 Å². The van der Waals surface area contributed by atoms with E-state index in [0.717, 1.165) is 42.5 Å². The van der Waals surface area contributed by atoms with Crippen LogP contribution in [0, 0.1) is 12.8 Å². The Hall–Kier alpha value is -1.22. The van der Waals surface area contributed by atoms with Gasteiger partial charge >= 0.3 is 0 Å². The summed E-state index contributed by atoms with van der Waals surface area (Å²) in [6, 6.07) is 4.21. The number of benzene rings is 1. The Morgan fingerprint density at radius 3 is 2.39 bits per heavy atom. The third-order valence-electron chi connectivity index (χ3n) is 3.77. The molecule has 3 heteroatoms. The summed E-state index contributed by atoms with van der Waals surface area (Å²) in [5.41, 5.74) is 2.40. The zero-order valence-electron chi connectivity index (χ0n) is 11.6. The van der Waals surface area contributed by atoms with Crippen molar-refractivity contribution in [2.45, 2.75) is 26.2 Å². The van der Waals surface area contributed by atoms with Crippen LogP contribution in [0.1, 0.15) is 24.0 Å². The molecule has 2 rings (SSSR count). The summed E-state index contributed by atoms with van der Waals surface area (Å²) in [4.78, 5) is 0. The second-order valence-electron chi connectivity index (χ2n) is 5.03. The molecule has 100 valence electrons. The largest absolute Gasteiger partial charge is 0.496 e. The Bertz CT molecular complexity index is 398. The molecule has 1 aliphatic rings. The molecule has 18 heavy (non-hydrogen) atoms. The molecular formula is C15H23NO2. The summed E-state index contributed by atoms with van der Waals surface area (Å²) in [5, 5.41) is 3.40. The molecule has 3 nitrogen and oxygen atoms in total. The van der Waals surface area contributed by atoms with Gasteiger partial charge in [-0.25, -0.2) is 0 Å². The topological polar surface area (TPSA) is 30.5 Å². The van der Waals surface area contributed by atoms with Gasteiger partial charge in [0, 0.05) is 0 Å². The third-order valence-corrected chi connectivity index (χ3v) is 3.77. The predicted molar refractivity (Wildman–Crippen MR) is 73.6 cm³/mol. The second kappa shape index (κ2) is 6.10. The maximum Gasteiger partial charge on any atom is 0.122 e. The molecule has 0 bridgehead atoms. The minimum atomic E-state index is 0.757. The molecular weight excluding hydrogens is 226 g/mol. The molecule has 1 N–H and O–H groups in total. The lowest BCUT2D eigenvalue weighted by atomic mass is 9.90. The maximum absolute atomic E-state index is 5.50. The number of aryl methyl sites for hydroxylation is 1. The molecule has 0 amide bonds. The van der Waals surface area contributed by atoms with Crippen LogP contribution in [0.25, 0.3) is 0 Å². The van der Waals surface area contributed by atoms with Crippen molar-refractivity contribution in [3.8, 4) is 11.5 Å². The highest BCUT2D eigenvalue weighted by Gasteiger charge is 2.17. The van der Waals surface area contributed by atoms with Gasteiger partial charge in [0.1, 0.15) is 11.5 Å². The van der Waals surface area contributed by atoms with Crippen molar-refractivity contribution >= 4 is 0 Å². The van der Waals surface area contributed by atoms with Crippen molar-refractivity contribution in [3.05, 3.63) is 23.3 Å². The van der Waals surface area contributed by atoms with Gasteiger partial charge in [0.2, 0.25) is 0 Å². The Morgan fingerprint density at radius 2 is 1.78 bits per heavy atom. The van der Waals surface area contributed by atoms with Crippen LogP contribution in [-0.4, -0.2) is 27.3 Å². The number of nitrogens with one attached hydrogen (secondary N) is 1. The molecule has 1 aromatic rings. The van der Waals surface area contributed by atoms with Gasteiger partial charge in [-0.2, -0.15) is 0 Å². The van der Waals surface area contributed by atoms with E-state index in [1.165, 1.54) is 18.4 Å². The average Bonchev–Trinajstić information content (AvgIpc) is 2.41. The number of ether oxygens (including phenoxy) is 2. The zero-order valence-corrected chi connectivity index (χ0v) is 11.6. The number of hydrogen-bond acceptors (Lipinski definition) is 3. The van der Waals surface area contributed by atoms with E-state index in [0.29, 0.717) is 0 Å². The van der Waals surface area contributed by atoms with Gasteiger partial charge in [-0.05, 0) is 68.5 Å². The quantitative estimate of drug-likeness (QED) is 0.889. The van der Waals surface area contributed by atoms with E-state index in [9.17, 15) is 0 Å². The van der Waals surface area contributed by atoms with Gasteiger partial charge in [-0.3, -0.25) is 0 Å². The van der Waals surface area contributed by atoms with E-state index in [-0.39, 0.29) is 0 Å². The van der Waals surface area contributed by atoms with E-state index >= 15 is 0 Å². The maximum atomic E-state index is 5.50. The van der Waals surface area contributed by atoms with Crippen LogP contribution in [0.3, 0.4) is 0 Å². The molecule has 1 aliphatic heterocycles. The van der Waals surface area contributed by atoms with Crippen LogP contribution in [0.4, 0.5) is 0 Å². The molecule has 1 fully saturated rings. The average molecular weight is 249 g/mol. The summed E-state index contributed by atoms with van der Waals surface area (Å²) in [6.45, 7) is 4.32. The van der Waals surface area contributed by atoms with Crippen molar-refractivity contribution < 1.29 is 9.47 Å². The summed E-state index contributed by atoms with van der Waals surface area (Å²) >= 11 is 0. The minimum absolute atomic E-state index is 0.757. The molecule has 0 radical (unpaired) electrons. The lowest BCUT2D eigenvalue weighted by Crippen LogP contribution is -2.28. The van der Waals surface area contributed by atoms with Crippen LogP contribution in [0.15, 0.2) is 12.1 Å². The van der Waals surface area contributed by atoms with Crippen molar-refractivity contribution in [2.75, 3.05) is 27.3 Å². The van der Waals surface area contributed by atoms with E-state index < -0.39 is 0 Å². The highest BCUT2D eigenvalue weighted by molar-refractivity contribution is 5.46. The first kappa shape index (κ1) is 13.2.